The number of benzene rings is 2. The van der Waals surface area contributed by atoms with Crippen LogP contribution in [-0.2, 0) is 4.79 Å². The quantitative estimate of drug-likeness (QED) is 0.561. The van der Waals surface area contributed by atoms with Crippen molar-refractivity contribution < 1.29 is 18.7 Å². The van der Waals surface area contributed by atoms with E-state index in [1.165, 1.54) is 11.8 Å². The first kappa shape index (κ1) is 19.8. The summed E-state index contributed by atoms with van der Waals surface area (Å²) in [5.41, 5.74) is 1.57. The zero-order chi connectivity index (χ0) is 20.1. The van der Waals surface area contributed by atoms with Crippen LogP contribution in [-0.4, -0.2) is 49.3 Å². The molecule has 1 heterocycles. The maximum Gasteiger partial charge on any atom is 0.277 e. The van der Waals surface area contributed by atoms with Gasteiger partial charge in [-0.15, -0.1) is 10.2 Å². The summed E-state index contributed by atoms with van der Waals surface area (Å²) in [5.74, 6) is 1.47. The summed E-state index contributed by atoms with van der Waals surface area (Å²) in [6.45, 7) is 0. The third-order valence-corrected chi connectivity index (χ3v) is 5.10. The number of carbonyl (C=O) groups is 1. The standard InChI is InChI=1S/C20H21N3O4S/c1-23(2)19(24)17(13-8-6-5-7-9-13)28-20-22-21-18(27-20)14-10-11-15(25-3)16(12-14)26-4/h5-12,17H,1-4H3/t17-/m1/s1. The molecule has 0 aliphatic carbocycles. The molecule has 7 nitrogen and oxygen atoms in total. The summed E-state index contributed by atoms with van der Waals surface area (Å²) < 4.78 is 16.4. The van der Waals surface area contributed by atoms with Crippen LogP contribution in [0.25, 0.3) is 11.5 Å². The molecule has 0 bridgehead atoms. The SMILES string of the molecule is COc1ccc(-c2nnc(S[C@@H](C(=O)N(C)C)c3ccccc3)o2)cc1OC. The van der Waals surface area contributed by atoms with E-state index in [9.17, 15) is 4.79 Å². The van der Waals surface area contributed by atoms with Crippen molar-refractivity contribution in [1.29, 1.82) is 0 Å². The van der Waals surface area contributed by atoms with E-state index >= 15 is 0 Å². The number of amides is 1. The number of hydrogen-bond donors (Lipinski definition) is 0. The number of methoxy groups -OCH3 is 2. The Hall–Kier alpha value is -3.00. The van der Waals surface area contributed by atoms with E-state index in [4.69, 9.17) is 13.9 Å². The minimum absolute atomic E-state index is 0.0536. The summed E-state index contributed by atoms with van der Waals surface area (Å²) in [6.07, 6.45) is 0. The van der Waals surface area contributed by atoms with E-state index in [0.717, 1.165) is 5.56 Å². The second-order valence-electron chi connectivity index (χ2n) is 6.08. The second-order valence-corrected chi connectivity index (χ2v) is 7.14. The largest absolute Gasteiger partial charge is 0.493 e. The van der Waals surface area contributed by atoms with Crippen LogP contribution in [0.1, 0.15) is 10.8 Å². The number of hydrogen-bond acceptors (Lipinski definition) is 7. The predicted molar refractivity (Wildman–Crippen MR) is 107 cm³/mol. The lowest BCUT2D eigenvalue weighted by Gasteiger charge is -2.18. The average molecular weight is 399 g/mol. The van der Waals surface area contributed by atoms with Crippen molar-refractivity contribution in [3.05, 3.63) is 54.1 Å². The Balaban J connectivity index is 1.87. The van der Waals surface area contributed by atoms with Crippen molar-refractivity contribution in [2.45, 2.75) is 10.5 Å². The Morgan fingerprint density at radius 2 is 1.75 bits per heavy atom. The molecular formula is C20H21N3O4S. The van der Waals surface area contributed by atoms with E-state index in [-0.39, 0.29) is 5.91 Å². The van der Waals surface area contributed by atoms with Gasteiger partial charge in [-0.3, -0.25) is 4.79 Å². The molecule has 0 aliphatic rings. The van der Waals surface area contributed by atoms with Gasteiger partial charge < -0.3 is 18.8 Å². The highest BCUT2D eigenvalue weighted by Crippen LogP contribution is 2.38. The maximum absolute atomic E-state index is 12.7. The van der Waals surface area contributed by atoms with Crippen molar-refractivity contribution >= 4 is 17.7 Å². The number of rotatable bonds is 7. The third-order valence-electron chi connectivity index (χ3n) is 4.02. The van der Waals surface area contributed by atoms with Gasteiger partial charge in [0.15, 0.2) is 11.5 Å². The monoisotopic (exact) mass is 399 g/mol. The Kier molecular flexibility index (Phi) is 6.20. The fourth-order valence-electron chi connectivity index (χ4n) is 2.57. The van der Waals surface area contributed by atoms with Crippen molar-refractivity contribution in [1.82, 2.24) is 15.1 Å². The third kappa shape index (κ3) is 4.28. The molecule has 3 aromatic rings. The van der Waals surface area contributed by atoms with E-state index < -0.39 is 5.25 Å². The first-order chi connectivity index (χ1) is 13.5. The summed E-state index contributed by atoms with van der Waals surface area (Å²) in [6, 6.07) is 14.9. The van der Waals surface area contributed by atoms with Crippen LogP contribution in [0.5, 0.6) is 11.5 Å². The fourth-order valence-corrected chi connectivity index (χ4v) is 3.59. The van der Waals surface area contributed by atoms with Gasteiger partial charge >= 0.3 is 0 Å². The molecule has 1 aromatic heterocycles. The average Bonchev–Trinajstić information content (AvgIpc) is 3.20. The molecule has 1 amide bonds. The Labute approximate surface area is 167 Å². The Morgan fingerprint density at radius 3 is 2.39 bits per heavy atom. The van der Waals surface area contributed by atoms with Crippen LogP contribution in [0.4, 0.5) is 0 Å². The maximum atomic E-state index is 12.7. The van der Waals surface area contributed by atoms with Gasteiger partial charge in [-0.25, -0.2) is 0 Å². The molecule has 0 saturated heterocycles. The lowest BCUT2D eigenvalue weighted by Crippen LogP contribution is -2.26. The highest BCUT2D eigenvalue weighted by molar-refractivity contribution is 8.00. The van der Waals surface area contributed by atoms with Crippen LogP contribution < -0.4 is 9.47 Å². The van der Waals surface area contributed by atoms with Gasteiger partial charge in [-0.1, -0.05) is 30.3 Å². The van der Waals surface area contributed by atoms with Crippen LogP contribution in [0.3, 0.4) is 0 Å². The summed E-state index contributed by atoms with van der Waals surface area (Å²) in [5, 5.41) is 8.05. The molecule has 28 heavy (non-hydrogen) atoms. The normalized spacial score (nSPS) is 11.7. The molecule has 146 valence electrons. The smallest absolute Gasteiger partial charge is 0.277 e. The molecule has 0 unspecified atom stereocenters. The molecule has 0 fully saturated rings. The van der Waals surface area contributed by atoms with E-state index in [2.05, 4.69) is 10.2 Å². The molecule has 2 aromatic carbocycles. The van der Waals surface area contributed by atoms with Crippen LogP contribution in [0.15, 0.2) is 58.2 Å². The van der Waals surface area contributed by atoms with Crippen LogP contribution in [0, 0.1) is 0 Å². The highest BCUT2D eigenvalue weighted by Gasteiger charge is 2.26. The summed E-state index contributed by atoms with van der Waals surface area (Å²) in [7, 11) is 6.59. The van der Waals surface area contributed by atoms with Gasteiger partial charge in [0.2, 0.25) is 11.8 Å². The summed E-state index contributed by atoms with van der Waals surface area (Å²) in [4.78, 5) is 14.2. The zero-order valence-electron chi connectivity index (χ0n) is 16.1. The van der Waals surface area contributed by atoms with Crippen molar-refractivity contribution in [3.63, 3.8) is 0 Å². The second kappa shape index (κ2) is 8.79. The molecule has 0 aliphatic heterocycles. The van der Waals surface area contributed by atoms with Crippen LogP contribution >= 0.6 is 11.8 Å². The number of nitrogens with zero attached hydrogens (tertiary/aromatic N) is 3. The minimum Gasteiger partial charge on any atom is -0.493 e. The Morgan fingerprint density at radius 1 is 1.04 bits per heavy atom. The van der Waals surface area contributed by atoms with Gasteiger partial charge in [-0.05, 0) is 35.5 Å². The Bertz CT molecular complexity index is 944. The van der Waals surface area contributed by atoms with E-state index in [1.54, 1.807) is 45.3 Å². The van der Waals surface area contributed by atoms with E-state index in [1.807, 2.05) is 36.4 Å². The number of carbonyl (C=O) groups excluding carboxylic acids is 1. The first-order valence-electron chi connectivity index (χ1n) is 8.52. The number of aromatic nitrogens is 2. The summed E-state index contributed by atoms with van der Waals surface area (Å²) >= 11 is 1.22. The molecule has 8 heteroatoms. The van der Waals surface area contributed by atoms with E-state index in [0.29, 0.717) is 28.2 Å². The van der Waals surface area contributed by atoms with Crippen molar-refractivity contribution in [2.75, 3.05) is 28.3 Å². The van der Waals surface area contributed by atoms with Gasteiger partial charge in [0.1, 0.15) is 5.25 Å². The molecular weight excluding hydrogens is 378 g/mol. The first-order valence-corrected chi connectivity index (χ1v) is 9.40. The van der Waals surface area contributed by atoms with Crippen LogP contribution in [0.2, 0.25) is 0 Å². The highest BCUT2D eigenvalue weighted by atomic mass is 32.2. The number of ether oxygens (including phenoxy) is 2. The number of likely N-dealkylation sites (N-methyl/N-ethyl adjacent to an activating group) is 1. The van der Waals surface area contributed by atoms with Crippen molar-refractivity contribution in [3.8, 4) is 23.0 Å². The lowest BCUT2D eigenvalue weighted by atomic mass is 10.1. The molecule has 0 spiro atoms. The van der Waals surface area contributed by atoms with Gasteiger partial charge in [-0.2, -0.15) is 0 Å². The zero-order valence-corrected chi connectivity index (χ0v) is 16.9. The van der Waals surface area contributed by atoms with Gasteiger partial charge in [0.05, 0.1) is 14.2 Å². The number of thioether (sulfide) groups is 1. The predicted octanol–water partition coefficient (Wildman–Crippen LogP) is 3.68. The molecule has 1 atom stereocenters. The molecule has 3 rings (SSSR count). The molecule has 0 radical (unpaired) electrons. The minimum atomic E-state index is -0.477. The fraction of sp³-hybridized carbons (Fsp3) is 0.250. The lowest BCUT2D eigenvalue weighted by molar-refractivity contribution is -0.128. The molecule has 0 saturated carbocycles. The molecule has 0 N–H and O–H groups in total. The topological polar surface area (TPSA) is 77.7 Å². The van der Waals surface area contributed by atoms with Crippen molar-refractivity contribution in [2.24, 2.45) is 0 Å². The van der Waals surface area contributed by atoms with Gasteiger partial charge in [0.25, 0.3) is 5.22 Å². The van der Waals surface area contributed by atoms with Gasteiger partial charge in [0, 0.05) is 19.7 Å².